The Balaban J connectivity index is 0.000000999. The highest BCUT2D eigenvalue weighted by atomic mass is 19.4. The lowest BCUT2D eigenvalue weighted by Crippen LogP contribution is -2.37. The first kappa shape index (κ1) is 26.1. The number of piperidine rings is 1. The molecule has 0 amide bonds. The predicted octanol–water partition coefficient (Wildman–Crippen LogP) is 7.32. The van der Waals surface area contributed by atoms with Crippen molar-refractivity contribution >= 4 is 5.97 Å². The zero-order chi connectivity index (χ0) is 24.9. The number of likely N-dealkylation sites (tertiary alicyclic amines) is 1. The van der Waals surface area contributed by atoms with Gasteiger partial charge in [-0.2, -0.15) is 26.3 Å². The molecule has 9 heteroatoms. The molecule has 186 valence electrons. The molecule has 1 N–H and O–H groups in total. The van der Waals surface area contributed by atoms with Crippen LogP contribution < -0.4 is 0 Å². The van der Waals surface area contributed by atoms with Crippen molar-refractivity contribution in [2.75, 3.05) is 6.54 Å². The number of halogens is 6. The minimum absolute atomic E-state index is 0.0365. The lowest BCUT2D eigenvalue weighted by Gasteiger charge is -2.39. The molecule has 1 aliphatic carbocycles. The summed E-state index contributed by atoms with van der Waals surface area (Å²) < 4.78 is 77.0. The Morgan fingerprint density at radius 1 is 0.853 bits per heavy atom. The molecule has 2 fully saturated rings. The van der Waals surface area contributed by atoms with Gasteiger partial charge in [0, 0.05) is 19.0 Å². The maximum atomic E-state index is 12.9. The predicted molar refractivity (Wildman–Crippen MR) is 115 cm³/mol. The van der Waals surface area contributed by atoms with Crippen LogP contribution in [0.15, 0.2) is 48.5 Å². The monoisotopic (exact) mass is 487 g/mol. The third-order valence-electron chi connectivity index (χ3n) is 5.93. The van der Waals surface area contributed by atoms with Crippen LogP contribution in [0.5, 0.6) is 0 Å². The number of benzene rings is 2. The largest absolute Gasteiger partial charge is 0.481 e. The highest BCUT2D eigenvalue weighted by Gasteiger charge is 2.34. The maximum absolute atomic E-state index is 12.9. The van der Waals surface area contributed by atoms with Crippen LogP contribution in [0.2, 0.25) is 0 Å². The molecule has 34 heavy (non-hydrogen) atoms. The van der Waals surface area contributed by atoms with E-state index < -0.39 is 29.4 Å². The highest BCUT2D eigenvalue weighted by molar-refractivity contribution is 5.67. The first-order valence-electron chi connectivity index (χ1n) is 11.2. The van der Waals surface area contributed by atoms with E-state index in [1.165, 1.54) is 43.5 Å². The Morgan fingerprint density at radius 3 is 1.79 bits per heavy atom. The summed E-state index contributed by atoms with van der Waals surface area (Å²) in [6.07, 6.45) is -3.40. The Bertz CT molecular complexity index is 933. The molecular formula is C25H27F6NO2. The van der Waals surface area contributed by atoms with Crippen LogP contribution in [-0.4, -0.2) is 22.5 Å². The first-order valence-corrected chi connectivity index (χ1v) is 11.2. The van der Waals surface area contributed by atoms with Crippen molar-refractivity contribution in [3.8, 4) is 0 Å². The van der Waals surface area contributed by atoms with Crippen molar-refractivity contribution in [2.24, 2.45) is 5.92 Å². The molecule has 2 aromatic rings. The maximum Gasteiger partial charge on any atom is 0.416 e. The van der Waals surface area contributed by atoms with Crippen LogP contribution in [0.1, 0.15) is 66.8 Å². The Hall–Kier alpha value is -2.55. The lowest BCUT2D eigenvalue weighted by atomic mass is 9.84. The molecule has 0 bridgehead atoms. The number of carboxylic acid groups (broad SMARTS) is 1. The number of alkyl halides is 6. The molecule has 0 spiro atoms. The van der Waals surface area contributed by atoms with Crippen molar-refractivity contribution < 1.29 is 36.2 Å². The molecule has 2 aromatic carbocycles. The van der Waals surface area contributed by atoms with Gasteiger partial charge in [0.25, 0.3) is 0 Å². The molecule has 0 radical (unpaired) electrons. The molecule has 1 saturated carbocycles. The van der Waals surface area contributed by atoms with Crippen LogP contribution in [-0.2, 0) is 23.7 Å². The molecule has 1 saturated heterocycles. The van der Waals surface area contributed by atoms with Gasteiger partial charge in [-0.15, -0.1) is 0 Å². The SMILES string of the molecule is C1CC1.O=C(O)CC1CCN(Cc2ccc(C(F)(F)F)cc2)C(c2ccc(C(F)(F)F)cc2)C1. The van der Waals surface area contributed by atoms with E-state index in [4.69, 9.17) is 5.11 Å². The Labute approximate surface area is 194 Å². The Kier molecular flexibility index (Phi) is 8.28. The van der Waals surface area contributed by atoms with Gasteiger partial charge in [-0.1, -0.05) is 43.5 Å². The fourth-order valence-corrected chi connectivity index (χ4v) is 3.98. The van der Waals surface area contributed by atoms with Crippen molar-refractivity contribution in [3.63, 3.8) is 0 Å². The van der Waals surface area contributed by atoms with Gasteiger partial charge < -0.3 is 5.11 Å². The summed E-state index contributed by atoms with van der Waals surface area (Å²) in [6.45, 7) is 0.800. The minimum atomic E-state index is -4.46. The molecule has 4 rings (SSSR count). The number of carbonyl (C=O) groups is 1. The van der Waals surface area contributed by atoms with Gasteiger partial charge in [0.2, 0.25) is 0 Å². The molecule has 3 nitrogen and oxygen atoms in total. The van der Waals surface area contributed by atoms with E-state index in [-0.39, 0.29) is 18.4 Å². The summed E-state index contributed by atoms with van der Waals surface area (Å²) in [4.78, 5) is 13.1. The topological polar surface area (TPSA) is 40.5 Å². The molecule has 1 heterocycles. The van der Waals surface area contributed by atoms with Gasteiger partial charge in [0.15, 0.2) is 0 Å². The normalized spacial score (nSPS) is 20.9. The number of hydrogen-bond acceptors (Lipinski definition) is 2. The van der Waals surface area contributed by atoms with Crippen LogP contribution in [0.4, 0.5) is 26.3 Å². The third kappa shape index (κ3) is 7.75. The highest BCUT2D eigenvalue weighted by Crippen LogP contribution is 2.38. The first-order chi connectivity index (χ1) is 15.9. The van der Waals surface area contributed by atoms with Gasteiger partial charge in [-0.25, -0.2) is 0 Å². The molecular weight excluding hydrogens is 460 g/mol. The second-order valence-corrected chi connectivity index (χ2v) is 8.85. The molecule has 2 aliphatic rings. The third-order valence-corrected chi connectivity index (χ3v) is 5.93. The summed E-state index contributed by atoms with van der Waals surface area (Å²) >= 11 is 0. The van der Waals surface area contributed by atoms with E-state index in [0.717, 1.165) is 24.3 Å². The molecule has 1 aliphatic heterocycles. The summed E-state index contributed by atoms with van der Waals surface area (Å²) in [6, 6.07) is 9.19. The van der Waals surface area contributed by atoms with Gasteiger partial charge in [0.1, 0.15) is 0 Å². The number of hydrogen-bond donors (Lipinski definition) is 1. The number of nitrogens with zero attached hydrogens (tertiary/aromatic N) is 1. The van der Waals surface area contributed by atoms with E-state index in [1.807, 2.05) is 4.90 Å². The van der Waals surface area contributed by atoms with E-state index in [9.17, 15) is 31.1 Å². The average Bonchev–Trinajstić information content (AvgIpc) is 3.63. The van der Waals surface area contributed by atoms with E-state index in [1.54, 1.807) is 0 Å². The van der Waals surface area contributed by atoms with Crippen molar-refractivity contribution in [1.82, 2.24) is 4.90 Å². The molecule has 0 aromatic heterocycles. The minimum Gasteiger partial charge on any atom is -0.481 e. The van der Waals surface area contributed by atoms with Gasteiger partial charge in [-0.3, -0.25) is 9.69 Å². The second-order valence-electron chi connectivity index (χ2n) is 8.85. The summed E-state index contributed by atoms with van der Waals surface area (Å²) in [5.74, 6) is -1.07. The fraction of sp³-hybridized carbons (Fsp3) is 0.480. The van der Waals surface area contributed by atoms with Crippen LogP contribution in [0, 0.1) is 5.92 Å². The van der Waals surface area contributed by atoms with Crippen LogP contribution in [0.25, 0.3) is 0 Å². The smallest absolute Gasteiger partial charge is 0.416 e. The average molecular weight is 487 g/mol. The van der Waals surface area contributed by atoms with Gasteiger partial charge in [-0.05, 0) is 60.7 Å². The van der Waals surface area contributed by atoms with Crippen molar-refractivity contribution in [3.05, 3.63) is 70.8 Å². The molecule has 2 unspecified atom stereocenters. The number of rotatable bonds is 5. The van der Waals surface area contributed by atoms with E-state index in [0.29, 0.717) is 37.1 Å². The number of aliphatic carboxylic acids is 1. The fourth-order valence-electron chi connectivity index (χ4n) is 3.98. The van der Waals surface area contributed by atoms with Crippen LogP contribution >= 0.6 is 0 Å². The van der Waals surface area contributed by atoms with Gasteiger partial charge in [0.05, 0.1) is 11.1 Å². The summed E-state index contributed by atoms with van der Waals surface area (Å²) in [5.41, 5.74) is -0.268. The number of carboxylic acids is 1. The van der Waals surface area contributed by atoms with Gasteiger partial charge >= 0.3 is 18.3 Å². The summed E-state index contributed by atoms with van der Waals surface area (Å²) in [5, 5.41) is 9.11. The zero-order valence-corrected chi connectivity index (χ0v) is 18.5. The standard InChI is InChI=1S/C22H21F6NO2.C3H6/c23-21(24,25)17-5-1-14(2-6-17)13-29-10-9-15(12-20(30)31)11-19(29)16-3-7-18(8-4-16)22(26,27)28;1-2-3-1/h1-8,15,19H,9-13H2,(H,30,31);1-3H2. The lowest BCUT2D eigenvalue weighted by molar-refractivity contribution is -0.139. The summed E-state index contributed by atoms with van der Waals surface area (Å²) in [7, 11) is 0. The van der Waals surface area contributed by atoms with Crippen molar-refractivity contribution in [2.45, 2.75) is 63.5 Å². The second kappa shape index (κ2) is 10.8. The quantitative estimate of drug-likeness (QED) is 0.449. The van der Waals surface area contributed by atoms with Crippen LogP contribution in [0.3, 0.4) is 0 Å². The molecule has 2 atom stereocenters. The van der Waals surface area contributed by atoms with E-state index >= 15 is 0 Å². The van der Waals surface area contributed by atoms with E-state index in [2.05, 4.69) is 0 Å². The van der Waals surface area contributed by atoms with Crippen molar-refractivity contribution in [1.29, 1.82) is 0 Å². The zero-order valence-electron chi connectivity index (χ0n) is 18.5. The Morgan fingerprint density at radius 2 is 1.35 bits per heavy atom.